The predicted octanol–water partition coefficient (Wildman–Crippen LogP) is 3.65. The monoisotopic (exact) mass is 517 g/mol. The Hall–Kier alpha value is -4.30. The van der Waals surface area contributed by atoms with Gasteiger partial charge < -0.3 is 10.6 Å². The Morgan fingerprint density at radius 3 is 2.49 bits per heavy atom. The van der Waals surface area contributed by atoms with Crippen LogP contribution in [-0.2, 0) is 10.0 Å². The number of hydrogen-bond donors (Lipinski definition) is 3. The number of carbonyl (C=O) groups excluding carboxylic acids is 1. The number of amides is 2. The zero-order valence-corrected chi connectivity index (χ0v) is 19.4. The Bertz CT molecular complexity index is 1630. The number of fused-ring (bicyclic) bond motifs is 1. The van der Waals surface area contributed by atoms with E-state index in [4.69, 9.17) is 0 Å². The molecule has 35 heavy (non-hydrogen) atoms. The third kappa shape index (κ3) is 4.69. The highest BCUT2D eigenvalue weighted by Gasteiger charge is 2.21. The van der Waals surface area contributed by atoms with E-state index in [0.717, 1.165) is 34.2 Å². The first-order valence-corrected chi connectivity index (χ1v) is 12.2. The summed E-state index contributed by atoms with van der Waals surface area (Å²) in [6.07, 6.45) is 0.927. The summed E-state index contributed by atoms with van der Waals surface area (Å²) in [4.78, 5) is 36.1. The fraction of sp³-hybridized carbons (Fsp3) is 0.0476. The molecule has 11 nitrogen and oxygen atoms in total. The minimum absolute atomic E-state index is 0.0120. The van der Waals surface area contributed by atoms with Crippen LogP contribution in [0.4, 0.5) is 26.2 Å². The van der Waals surface area contributed by atoms with Crippen molar-refractivity contribution in [2.45, 2.75) is 4.21 Å². The lowest BCUT2D eigenvalue weighted by molar-refractivity contribution is -0.383. The lowest BCUT2D eigenvalue weighted by Gasteiger charge is -2.12. The molecule has 0 aliphatic heterocycles. The summed E-state index contributed by atoms with van der Waals surface area (Å²) in [5.74, 6) is -0.980. The first-order chi connectivity index (χ1) is 16.6. The summed E-state index contributed by atoms with van der Waals surface area (Å²) < 4.78 is 41.8. The molecule has 4 aromatic rings. The Morgan fingerprint density at radius 1 is 1.11 bits per heavy atom. The van der Waals surface area contributed by atoms with Crippen LogP contribution >= 0.6 is 11.3 Å². The van der Waals surface area contributed by atoms with E-state index in [1.54, 1.807) is 17.8 Å². The van der Waals surface area contributed by atoms with Gasteiger partial charge in [-0.1, -0.05) is 6.07 Å². The van der Waals surface area contributed by atoms with Gasteiger partial charge in [0.05, 0.1) is 27.6 Å². The van der Waals surface area contributed by atoms with Crippen molar-refractivity contribution in [1.82, 2.24) is 9.29 Å². The molecule has 0 fully saturated rings. The maximum absolute atomic E-state index is 15.0. The molecule has 0 saturated heterocycles. The van der Waals surface area contributed by atoms with E-state index in [2.05, 4.69) is 10.6 Å². The highest BCUT2D eigenvalue weighted by Crippen LogP contribution is 2.28. The molecule has 14 heteroatoms. The van der Waals surface area contributed by atoms with Crippen molar-refractivity contribution in [2.75, 3.05) is 17.7 Å². The summed E-state index contributed by atoms with van der Waals surface area (Å²) >= 11 is 0.913. The Morgan fingerprint density at radius 2 is 1.86 bits per heavy atom. The van der Waals surface area contributed by atoms with Crippen LogP contribution in [0.1, 0.15) is 0 Å². The molecule has 0 unspecified atom stereocenters. The molecule has 0 bridgehead atoms. The molecule has 180 valence electrons. The number of aromatic nitrogens is 1. The van der Waals surface area contributed by atoms with Gasteiger partial charge in [0, 0.05) is 18.4 Å². The van der Waals surface area contributed by atoms with Crippen molar-refractivity contribution in [3.05, 3.63) is 86.4 Å². The molecule has 0 spiro atoms. The van der Waals surface area contributed by atoms with Gasteiger partial charge in [-0.2, -0.15) is 0 Å². The predicted molar refractivity (Wildman–Crippen MR) is 129 cm³/mol. The van der Waals surface area contributed by atoms with Crippen LogP contribution in [0.5, 0.6) is 0 Å². The topological polar surface area (TPSA) is 152 Å². The van der Waals surface area contributed by atoms with E-state index in [1.165, 1.54) is 35.7 Å². The maximum Gasteiger partial charge on any atom is 0.333 e. The number of nitrogens with one attached hydrogen (secondary N) is 3. The second-order valence-corrected chi connectivity index (χ2v) is 9.97. The highest BCUT2D eigenvalue weighted by atomic mass is 32.2. The number of rotatable bonds is 6. The van der Waals surface area contributed by atoms with Crippen molar-refractivity contribution in [2.24, 2.45) is 0 Å². The van der Waals surface area contributed by atoms with Gasteiger partial charge in [0.15, 0.2) is 0 Å². The van der Waals surface area contributed by atoms with Gasteiger partial charge in [0.25, 0.3) is 21.3 Å². The van der Waals surface area contributed by atoms with Crippen LogP contribution in [0.25, 0.3) is 16.5 Å². The second kappa shape index (κ2) is 9.15. The van der Waals surface area contributed by atoms with E-state index >= 15 is 0 Å². The van der Waals surface area contributed by atoms with Crippen molar-refractivity contribution in [3.8, 4) is 5.69 Å². The van der Waals surface area contributed by atoms with Crippen LogP contribution in [-0.4, -0.2) is 31.0 Å². The van der Waals surface area contributed by atoms with Crippen molar-refractivity contribution < 1.29 is 22.5 Å². The molecule has 0 aliphatic carbocycles. The summed E-state index contributed by atoms with van der Waals surface area (Å²) in [5.41, 5.74) is -0.940. The molecule has 4 rings (SSSR count). The van der Waals surface area contributed by atoms with Crippen LogP contribution in [0.3, 0.4) is 0 Å². The lowest BCUT2D eigenvalue weighted by Crippen LogP contribution is -2.34. The number of benzene rings is 2. The van der Waals surface area contributed by atoms with E-state index in [0.29, 0.717) is 5.69 Å². The minimum Gasteiger partial charge on any atom is -0.388 e. The van der Waals surface area contributed by atoms with Crippen molar-refractivity contribution in [3.63, 3.8) is 0 Å². The first-order valence-electron chi connectivity index (χ1n) is 9.79. The molecule has 2 heterocycles. The largest absolute Gasteiger partial charge is 0.388 e. The number of anilines is 2. The molecule has 2 amide bonds. The van der Waals surface area contributed by atoms with Crippen LogP contribution in [0, 0.1) is 15.9 Å². The molecule has 0 radical (unpaired) electrons. The van der Waals surface area contributed by atoms with E-state index < -0.39 is 38.0 Å². The van der Waals surface area contributed by atoms with E-state index in [9.17, 15) is 32.5 Å². The van der Waals surface area contributed by atoms with Gasteiger partial charge in [-0.3, -0.25) is 19.5 Å². The fourth-order valence-corrected chi connectivity index (χ4v) is 5.23. The molecule has 2 aromatic heterocycles. The van der Waals surface area contributed by atoms with Gasteiger partial charge in [-0.25, -0.2) is 22.3 Å². The Balaban J connectivity index is 1.67. The quantitative estimate of drug-likeness (QED) is 0.261. The highest BCUT2D eigenvalue weighted by molar-refractivity contribution is 7.92. The van der Waals surface area contributed by atoms with E-state index in [1.807, 2.05) is 0 Å². The fourth-order valence-electron chi connectivity index (χ4n) is 3.33. The zero-order chi connectivity index (χ0) is 25.3. The average Bonchev–Trinajstić information content (AvgIpc) is 3.35. The number of carbonyl (C=O) groups is 1. The number of nitrogens with zero attached hydrogens (tertiary/aromatic N) is 2. The molecular weight excluding hydrogens is 501 g/mol. The number of sulfonamides is 1. The zero-order valence-electron chi connectivity index (χ0n) is 17.8. The summed E-state index contributed by atoms with van der Waals surface area (Å²) in [7, 11) is -2.47. The SMILES string of the molecule is CNc1ccc2c(=O)n(-c3ccc(NC(=O)NS(=O)(=O)c4cccs4)cc3F)cc([N+](=O)[O-])c2c1. The van der Waals surface area contributed by atoms with Gasteiger partial charge in [-0.15, -0.1) is 11.3 Å². The molecule has 3 N–H and O–H groups in total. The number of nitro groups is 1. The standard InChI is InChI=1S/C21H16FN5O6S2/c1-23-12-4-6-14-15(9-12)18(27(30)31)11-26(20(14)28)17-7-5-13(10-16(17)22)24-21(29)25-35(32,33)19-3-2-8-34-19/h2-11,23H,1H3,(H2,24,25,29). The minimum atomic E-state index is -4.09. The molecule has 0 atom stereocenters. The number of urea groups is 1. The number of pyridine rings is 1. The Labute approximate surface area is 201 Å². The van der Waals surface area contributed by atoms with Crippen molar-refractivity contribution >= 4 is 55.2 Å². The molecule has 0 aliphatic rings. The first kappa shape index (κ1) is 23.8. The molecule has 2 aromatic carbocycles. The maximum atomic E-state index is 15.0. The second-order valence-electron chi connectivity index (χ2n) is 7.11. The van der Waals surface area contributed by atoms with Crippen LogP contribution in [0.15, 0.2) is 69.1 Å². The average molecular weight is 518 g/mol. The summed E-state index contributed by atoms with van der Waals surface area (Å²) in [5, 5.41) is 18.3. The Kier molecular flexibility index (Phi) is 6.24. The molecular formula is C21H16FN5O6S2. The third-order valence-corrected chi connectivity index (χ3v) is 7.66. The number of hydrogen-bond acceptors (Lipinski definition) is 8. The molecule has 0 saturated carbocycles. The van der Waals surface area contributed by atoms with Gasteiger partial charge in [-0.05, 0) is 47.8 Å². The number of thiophene rings is 1. The normalized spacial score (nSPS) is 11.3. The lowest BCUT2D eigenvalue weighted by atomic mass is 10.1. The van der Waals surface area contributed by atoms with Gasteiger partial charge in [0.2, 0.25) is 0 Å². The van der Waals surface area contributed by atoms with Crippen LogP contribution in [0.2, 0.25) is 0 Å². The van der Waals surface area contributed by atoms with Crippen LogP contribution < -0.4 is 20.9 Å². The smallest absolute Gasteiger partial charge is 0.333 e. The van der Waals surface area contributed by atoms with Gasteiger partial charge in [0.1, 0.15) is 10.0 Å². The number of halogens is 1. The third-order valence-electron chi connectivity index (χ3n) is 4.93. The summed E-state index contributed by atoms with van der Waals surface area (Å²) in [6.45, 7) is 0. The van der Waals surface area contributed by atoms with Crippen molar-refractivity contribution in [1.29, 1.82) is 0 Å². The van der Waals surface area contributed by atoms with Gasteiger partial charge >= 0.3 is 6.03 Å². The van der Waals surface area contributed by atoms with E-state index in [-0.39, 0.29) is 26.4 Å². The summed E-state index contributed by atoms with van der Waals surface area (Å²) in [6, 6.07) is 9.33.